The summed E-state index contributed by atoms with van der Waals surface area (Å²) in [4.78, 5) is 19.5. The van der Waals surface area contributed by atoms with Crippen LogP contribution in [0.4, 0.5) is 8.78 Å². The van der Waals surface area contributed by atoms with E-state index < -0.39 is 28.9 Å². The van der Waals surface area contributed by atoms with Crippen molar-refractivity contribution >= 4 is 28.6 Å². The van der Waals surface area contributed by atoms with Crippen LogP contribution in [0, 0.1) is 34.3 Å². The van der Waals surface area contributed by atoms with Crippen LogP contribution in [0.15, 0.2) is 60.8 Å². The summed E-state index contributed by atoms with van der Waals surface area (Å²) in [6, 6.07) is 17.5. The maximum absolute atomic E-state index is 15.6. The fraction of sp³-hybridized carbons (Fsp3) is 0.368. The van der Waals surface area contributed by atoms with Crippen molar-refractivity contribution in [2.45, 2.75) is 58.3 Å². The van der Waals surface area contributed by atoms with Crippen LogP contribution in [-0.4, -0.2) is 42.3 Å². The Balaban J connectivity index is 1.49. The number of H-pyrrole nitrogens is 1. The van der Waals surface area contributed by atoms with E-state index >= 15 is 8.78 Å². The Bertz CT molecular complexity index is 2070. The van der Waals surface area contributed by atoms with Crippen molar-refractivity contribution in [1.29, 1.82) is 5.26 Å². The van der Waals surface area contributed by atoms with Crippen LogP contribution in [-0.2, 0) is 30.1 Å². The van der Waals surface area contributed by atoms with Crippen LogP contribution in [0.1, 0.15) is 62.5 Å². The number of aromatic nitrogens is 4. The number of nitrogens with one attached hydrogen (secondary N) is 1. The molecular formula is C38H39F2N5O3S. The highest BCUT2D eigenvalue weighted by Gasteiger charge is 2.40. The molecule has 3 heterocycles. The summed E-state index contributed by atoms with van der Waals surface area (Å²) in [5.41, 5.74) is 1.59. The Hall–Kier alpha value is -4.69. The molecule has 5 aromatic rings. The number of aliphatic carboxylic acids is 1. The molecule has 4 bridgehead atoms. The van der Waals surface area contributed by atoms with Crippen LogP contribution < -0.4 is 4.74 Å². The lowest BCUT2D eigenvalue weighted by Crippen LogP contribution is -2.29. The third-order valence-electron chi connectivity index (χ3n) is 9.38. The van der Waals surface area contributed by atoms with Crippen molar-refractivity contribution in [3.63, 3.8) is 0 Å². The molecule has 0 saturated carbocycles. The van der Waals surface area contributed by atoms with E-state index in [1.807, 2.05) is 30.3 Å². The largest absolute Gasteiger partial charge is 0.481 e. The highest BCUT2D eigenvalue weighted by atomic mass is 32.2. The zero-order valence-corrected chi connectivity index (χ0v) is 28.8. The van der Waals surface area contributed by atoms with E-state index in [9.17, 15) is 15.2 Å². The van der Waals surface area contributed by atoms with Gasteiger partial charge in [-0.3, -0.25) is 4.79 Å². The highest BCUT2D eigenvalue weighted by Crippen LogP contribution is 2.41. The number of ether oxygens (including phenoxy) is 1. The van der Waals surface area contributed by atoms with Crippen molar-refractivity contribution in [3.8, 4) is 29.0 Å². The fourth-order valence-electron chi connectivity index (χ4n) is 6.63. The van der Waals surface area contributed by atoms with Gasteiger partial charge >= 0.3 is 5.97 Å². The summed E-state index contributed by atoms with van der Waals surface area (Å²) in [6.07, 6.45) is 4.54. The molecule has 6 rings (SSSR count). The number of carboxylic acids is 1. The lowest BCUT2D eigenvalue weighted by molar-refractivity contribution is -0.141. The maximum Gasteiger partial charge on any atom is 0.306 e. The third-order valence-corrected chi connectivity index (χ3v) is 10.9. The number of hydrogen-bond donors (Lipinski definition) is 2. The van der Waals surface area contributed by atoms with Crippen molar-refractivity contribution < 1.29 is 23.4 Å². The third kappa shape index (κ3) is 6.92. The molecule has 8 nitrogen and oxygen atoms in total. The molecule has 2 unspecified atom stereocenters. The number of aromatic amines is 1. The normalized spacial score (nSPS) is 18.8. The second-order valence-electron chi connectivity index (χ2n) is 13.7. The van der Waals surface area contributed by atoms with E-state index in [4.69, 9.17) is 14.8 Å². The molecule has 49 heavy (non-hydrogen) atoms. The second-order valence-corrected chi connectivity index (χ2v) is 14.8. The number of fused-ring (bicyclic) bond motifs is 8. The molecule has 254 valence electrons. The van der Waals surface area contributed by atoms with Crippen LogP contribution in [0.3, 0.4) is 0 Å². The van der Waals surface area contributed by atoms with E-state index in [1.54, 1.807) is 31.9 Å². The summed E-state index contributed by atoms with van der Waals surface area (Å²) in [5, 5.41) is 26.1. The number of carbonyl (C=O) groups is 1. The first kappa shape index (κ1) is 34.2. The average Bonchev–Trinajstić information content (AvgIpc) is 3.69. The fourth-order valence-corrected chi connectivity index (χ4v) is 7.82. The summed E-state index contributed by atoms with van der Waals surface area (Å²) >= 11 is 1.79. The highest BCUT2D eigenvalue weighted by molar-refractivity contribution is 7.99. The number of thioether (sulfide) groups is 1. The molecule has 1 aliphatic rings. The first-order valence-corrected chi connectivity index (χ1v) is 17.6. The smallest absolute Gasteiger partial charge is 0.306 e. The van der Waals surface area contributed by atoms with E-state index in [0.29, 0.717) is 36.8 Å². The maximum atomic E-state index is 15.6. The molecule has 0 saturated heterocycles. The van der Waals surface area contributed by atoms with E-state index in [1.165, 1.54) is 28.9 Å². The summed E-state index contributed by atoms with van der Waals surface area (Å²) in [6.45, 7) is 6.06. The van der Waals surface area contributed by atoms with Crippen LogP contribution >= 0.6 is 11.8 Å². The average molecular weight is 684 g/mol. The number of benzene rings is 3. The number of rotatable bonds is 4. The standard InChI is InChI=1S/C38H39F2N5O3S/c1-23(35(46)47)17-24-7-5-8-25(18-24)38(21-41)14-6-13-37(2,3)22-49-16-12-28-27-11-15-42-32(27)20-31(40)33(28)48-26-9-10-30(39)29(19-26)34-43-36(38)44-45(34)4/h5,7-11,15,18-20,23,42H,6,12-14,16-17,22H2,1-4H3,(H,46,47). The molecule has 3 aromatic carbocycles. The Morgan fingerprint density at radius 3 is 2.76 bits per heavy atom. The number of carboxylic acid groups (broad SMARTS) is 1. The predicted octanol–water partition coefficient (Wildman–Crippen LogP) is 8.59. The van der Waals surface area contributed by atoms with Crippen molar-refractivity contribution in [2.24, 2.45) is 18.4 Å². The molecule has 1 aliphatic heterocycles. The number of halogens is 2. The monoisotopic (exact) mass is 683 g/mol. The van der Waals surface area contributed by atoms with Gasteiger partial charge in [0.1, 0.15) is 17.0 Å². The van der Waals surface area contributed by atoms with Gasteiger partial charge in [0.05, 0.1) is 17.6 Å². The van der Waals surface area contributed by atoms with Gasteiger partial charge in [0.25, 0.3) is 0 Å². The van der Waals surface area contributed by atoms with Crippen molar-refractivity contribution in [2.75, 3.05) is 11.5 Å². The van der Waals surface area contributed by atoms with E-state index in [0.717, 1.165) is 34.4 Å². The van der Waals surface area contributed by atoms with Gasteiger partial charge < -0.3 is 14.8 Å². The zero-order valence-electron chi connectivity index (χ0n) is 28.0. The van der Waals surface area contributed by atoms with Gasteiger partial charge in [0.2, 0.25) is 0 Å². The number of nitriles is 1. The molecule has 0 radical (unpaired) electrons. The van der Waals surface area contributed by atoms with Gasteiger partial charge in [-0.15, -0.1) is 0 Å². The van der Waals surface area contributed by atoms with Crippen LogP contribution in [0.5, 0.6) is 11.5 Å². The summed E-state index contributed by atoms with van der Waals surface area (Å²) in [5.74, 6) is -0.263. The van der Waals surface area contributed by atoms with Gasteiger partial charge in [-0.2, -0.15) is 22.1 Å². The molecule has 0 amide bonds. The predicted molar refractivity (Wildman–Crippen MR) is 187 cm³/mol. The second kappa shape index (κ2) is 13.7. The van der Waals surface area contributed by atoms with E-state index in [2.05, 4.69) is 24.9 Å². The first-order valence-electron chi connectivity index (χ1n) is 16.4. The molecule has 0 spiro atoms. The van der Waals surface area contributed by atoms with Crippen molar-refractivity contribution in [1.82, 2.24) is 19.7 Å². The quantitative estimate of drug-likeness (QED) is 0.195. The molecule has 0 fully saturated rings. The Morgan fingerprint density at radius 1 is 1.16 bits per heavy atom. The van der Waals surface area contributed by atoms with Gasteiger partial charge in [-0.05, 0) is 78.0 Å². The van der Waals surface area contributed by atoms with Gasteiger partial charge in [0, 0.05) is 35.8 Å². The van der Waals surface area contributed by atoms with Gasteiger partial charge in [-0.1, -0.05) is 51.5 Å². The molecule has 2 atom stereocenters. The molecule has 0 aliphatic carbocycles. The lowest BCUT2D eigenvalue weighted by Gasteiger charge is -2.29. The first-order chi connectivity index (χ1) is 23.4. The lowest BCUT2D eigenvalue weighted by atomic mass is 9.74. The minimum atomic E-state index is -1.29. The summed E-state index contributed by atoms with van der Waals surface area (Å²) in [7, 11) is 1.65. The Labute approximate surface area is 288 Å². The van der Waals surface area contributed by atoms with E-state index in [-0.39, 0.29) is 34.1 Å². The molecule has 2 aromatic heterocycles. The zero-order chi connectivity index (χ0) is 34.9. The minimum Gasteiger partial charge on any atom is -0.481 e. The molecule has 2 N–H and O–H groups in total. The number of aryl methyl sites for hydroxylation is 2. The topological polar surface area (TPSA) is 117 Å². The molecule has 11 heteroatoms. The minimum absolute atomic E-state index is 0.0793. The van der Waals surface area contributed by atoms with Gasteiger partial charge in [0.15, 0.2) is 23.2 Å². The van der Waals surface area contributed by atoms with Crippen LogP contribution in [0.25, 0.3) is 22.3 Å². The number of hydrogen-bond acceptors (Lipinski definition) is 6. The van der Waals surface area contributed by atoms with Gasteiger partial charge in [-0.25, -0.2) is 18.4 Å². The number of nitrogens with zero attached hydrogens (tertiary/aromatic N) is 4. The summed E-state index contributed by atoms with van der Waals surface area (Å²) < 4.78 is 38.9. The Morgan fingerprint density at radius 2 is 1.98 bits per heavy atom. The molecular weight excluding hydrogens is 645 g/mol. The Kier molecular flexibility index (Phi) is 9.54. The van der Waals surface area contributed by atoms with Crippen LogP contribution in [0.2, 0.25) is 0 Å². The SMILES string of the molecule is CC(Cc1cccc(C2(C#N)CCCC(C)(C)CSCCc3c(c(F)cc4[nH]ccc34)Oc3ccc(F)c(c3)-c3nc2nn3C)c1)C(=O)O. The van der Waals surface area contributed by atoms with Crippen molar-refractivity contribution in [3.05, 3.63) is 94.9 Å².